The van der Waals surface area contributed by atoms with E-state index in [1.54, 1.807) is 7.11 Å². The molecule has 216 valence electrons. The van der Waals surface area contributed by atoms with E-state index >= 15 is 0 Å². The molecule has 0 saturated carbocycles. The number of aromatic nitrogens is 1. The number of ether oxygens (including phenoxy) is 4. The molecule has 2 aliphatic heterocycles. The van der Waals surface area contributed by atoms with Gasteiger partial charge in [0.15, 0.2) is 5.75 Å². The summed E-state index contributed by atoms with van der Waals surface area (Å²) in [6.45, 7) is 2.33. The molecule has 42 heavy (non-hydrogen) atoms. The number of rotatable bonds is 7. The fourth-order valence-corrected chi connectivity index (χ4v) is 5.80. The highest BCUT2D eigenvalue weighted by Crippen LogP contribution is 2.43. The number of hydrogen-bond acceptors (Lipinski definition) is 8. The number of methoxy groups -OCH3 is 2. The van der Waals surface area contributed by atoms with Gasteiger partial charge in [-0.1, -0.05) is 30.3 Å². The molecule has 9 heteroatoms. The molecule has 1 saturated heterocycles. The molecular formula is C33H33N3O6. The minimum Gasteiger partial charge on any atom is -0.496 e. The first-order valence-corrected chi connectivity index (χ1v) is 13.9. The van der Waals surface area contributed by atoms with E-state index in [4.69, 9.17) is 18.9 Å². The summed E-state index contributed by atoms with van der Waals surface area (Å²) < 4.78 is 23.0. The molecule has 0 aliphatic carbocycles. The van der Waals surface area contributed by atoms with Gasteiger partial charge in [0.25, 0.3) is 0 Å². The lowest BCUT2D eigenvalue weighted by atomic mass is 9.93. The molecule has 9 nitrogen and oxygen atoms in total. The number of carbonyl (C=O) groups is 2. The number of aromatic amines is 1. The summed E-state index contributed by atoms with van der Waals surface area (Å²) in [6, 6.07) is 19.4. The first-order chi connectivity index (χ1) is 20.4. The Bertz CT molecular complexity index is 1710. The second-order valence-corrected chi connectivity index (χ2v) is 10.6. The van der Waals surface area contributed by atoms with Crippen LogP contribution in [0, 0.1) is 0 Å². The van der Waals surface area contributed by atoms with E-state index in [0.717, 1.165) is 39.0 Å². The third-order valence-electron chi connectivity index (χ3n) is 8.03. The average Bonchev–Trinajstić information content (AvgIpc) is 3.58. The molecule has 0 amide bonds. The minimum atomic E-state index is -0.433. The van der Waals surface area contributed by atoms with Crippen LogP contribution in [0.4, 0.5) is 5.69 Å². The Morgan fingerprint density at radius 2 is 1.76 bits per heavy atom. The molecule has 0 unspecified atom stereocenters. The average molecular weight is 568 g/mol. The van der Waals surface area contributed by atoms with E-state index in [1.165, 1.54) is 7.11 Å². The zero-order chi connectivity index (χ0) is 29.4. The SMILES string of the molecule is COC(=O)[C@@H]1C[C@@H](OC(=O)C2=C(C)Nc3cc(-c4ccccc4OC)cc(Oc4c[nH]c5ccccc45)c3C2)CN1C. The number of anilines is 1. The number of fused-ring (bicyclic) bond motifs is 2. The number of H-pyrrole nitrogens is 1. The van der Waals surface area contributed by atoms with Crippen LogP contribution in [0.3, 0.4) is 0 Å². The number of esters is 2. The maximum absolute atomic E-state index is 13.5. The number of nitrogens with one attached hydrogen (secondary N) is 2. The van der Waals surface area contributed by atoms with Gasteiger partial charge < -0.3 is 29.2 Å². The van der Waals surface area contributed by atoms with Crippen molar-refractivity contribution in [2.75, 3.05) is 33.1 Å². The number of allylic oxidation sites excluding steroid dienone is 1. The summed E-state index contributed by atoms with van der Waals surface area (Å²) in [5.41, 5.74) is 5.70. The number of carbonyl (C=O) groups excluding carboxylic acids is 2. The predicted octanol–water partition coefficient (Wildman–Crippen LogP) is 5.67. The minimum absolute atomic E-state index is 0.319. The molecule has 2 N–H and O–H groups in total. The van der Waals surface area contributed by atoms with Crippen molar-refractivity contribution in [1.29, 1.82) is 0 Å². The summed E-state index contributed by atoms with van der Waals surface area (Å²) in [5.74, 6) is 1.30. The van der Waals surface area contributed by atoms with Gasteiger partial charge in [0.1, 0.15) is 23.6 Å². The Balaban J connectivity index is 1.34. The molecule has 1 fully saturated rings. The van der Waals surface area contributed by atoms with E-state index in [2.05, 4.69) is 10.3 Å². The first kappa shape index (κ1) is 27.4. The smallest absolute Gasteiger partial charge is 0.336 e. The molecule has 0 bridgehead atoms. The van der Waals surface area contributed by atoms with Gasteiger partial charge in [0.2, 0.25) is 0 Å². The Morgan fingerprint density at radius 3 is 2.57 bits per heavy atom. The Morgan fingerprint density at radius 1 is 0.976 bits per heavy atom. The first-order valence-electron chi connectivity index (χ1n) is 13.9. The summed E-state index contributed by atoms with van der Waals surface area (Å²) >= 11 is 0. The van der Waals surface area contributed by atoms with Gasteiger partial charge in [-0.15, -0.1) is 0 Å². The van der Waals surface area contributed by atoms with Gasteiger partial charge in [-0.2, -0.15) is 0 Å². The van der Waals surface area contributed by atoms with Gasteiger partial charge in [-0.05, 0) is 49.9 Å². The van der Waals surface area contributed by atoms with Gasteiger partial charge in [0.05, 0.1) is 19.8 Å². The Kier molecular flexibility index (Phi) is 7.34. The number of likely N-dealkylation sites (tertiary alicyclic amines) is 1. The molecule has 4 aromatic rings. The third-order valence-corrected chi connectivity index (χ3v) is 8.03. The fourth-order valence-electron chi connectivity index (χ4n) is 5.80. The van der Waals surface area contributed by atoms with Crippen LogP contribution in [0.1, 0.15) is 18.9 Å². The van der Waals surface area contributed by atoms with E-state index in [0.29, 0.717) is 42.2 Å². The van der Waals surface area contributed by atoms with Crippen molar-refractivity contribution in [3.8, 4) is 28.4 Å². The lowest BCUT2D eigenvalue weighted by molar-refractivity contribution is -0.147. The molecule has 2 atom stereocenters. The molecular weight excluding hydrogens is 534 g/mol. The fraction of sp³-hybridized carbons (Fsp3) is 0.273. The lowest BCUT2D eigenvalue weighted by Crippen LogP contribution is -2.33. The predicted molar refractivity (Wildman–Crippen MR) is 160 cm³/mol. The van der Waals surface area contributed by atoms with Crippen molar-refractivity contribution in [2.45, 2.75) is 31.9 Å². The van der Waals surface area contributed by atoms with Crippen molar-refractivity contribution in [3.63, 3.8) is 0 Å². The molecule has 2 aliphatic rings. The van der Waals surface area contributed by atoms with Crippen LogP contribution in [-0.2, 0) is 25.5 Å². The lowest BCUT2D eigenvalue weighted by Gasteiger charge is -2.26. The van der Waals surface area contributed by atoms with Gasteiger partial charge in [0, 0.05) is 59.0 Å². The molecule has 1 aromatic heterocycles. The van der Waals surface area contributed by atoms with Crippen LogP contribution in [0.2, 0.25) is 0 Å². The number of benzene rings is 3. The Hall–Kier alpha value is -4.76. The van der Waals surface area contributed by atoms with E-state index in [1.807, 2.05) is 85.7 Å². The largest absolute Gasteiger partial charge is 0.496 e. The summed E-state index contributed by atoms with van der Waals surface area (Å²) in [6.07, 6.45) is 2.14. The zero-order valence-electron chi connectivity index (χ0n) is 24.0. The number of para-hydroxylation sites is 2. The van der Waals surface area contributed by atoms with Crippen LogP contribution in [0.25, 0.3) is 22.0 Å². The topological polar surface area (TPSA) is 102 Å². The highest BCUT2D eigenvalue weighted by atomic mass is 16.5. The maximum Gasteiger partial charge on any atom is 0.336 e. The van der Waals surface area contributed by atoms with Crippen LogP contribution in [0.5, 0.6) is 17.2 Å². The van der Waals surface area contributed by atoms with Crippen molar-refractivity contribution in [2.24, 2.45) is 0 Å². The standard InChI is InChI=1S/C33H33N3O6/c1-19-24(32(37)41-21-15-28(33(38)40-4)36(2)18-21)16-25-27(35-19)13-20(22-9-6-8-12-29(22)39-3)14-30(25)42-31-17-34-26-11-7-5-10-23(26)31/h5-14,17,21,28,34-35H,15-16,18H2,1-4H3/t21-,28+/m1/s1. The van der Waals surface area contributed by atoms with Crippen molar-refractivity contribution < 1.29 is 28.5 Å². The highest BCUT2D eigenvalue weighted by molar-refractivity contribution is 5.93. The van der Waals surface area contributed by atoms with Crippen molar-refractivity contribution in [3.05, 3.63) is 83.7 Å². The molecule has 3 heterocycles. The van der Waals surface area contributed by atoms with Crippen molar-refractivity contribution >= 4 is 28.5 Å². The highest BCUT2D eigenvalue weighted by Gasteiger charge is 2.38. The normalized spacial score (nSPS) is 18.4. The van der Waals surface area contributed by atoms with Gasteiger partial charge >= 0.3 is 11.9 Å². The van der Waals surface area contributed by atoms with E-state index in [-0.39, 0.29) is 5.97 Å². The summed E-state index contributed by atoms with van der Waals surface area (Å²) in [4.78, 5) is 30.7. The quantitative estimate of drug-likeness (QED) is 0.276. The van der Waals surface area contributed by atoms with Crippen LogP contribution < -0.4 is 14.8 Å². The molecule has 0 radical (unpaired) electrons. The van der Waals surface area contributed by atoms with E-state index in [9.17, 15) is 9.59 Å². The van der Waals surface area contributed by atoms with Gasteiger partial charge in [-0.3, -0.25) is 9.69 Å². The van der Waals surface area contributed by atoms with Gasteiger partial charge in [-0.25, -0.2) is 4.79 Å². The van der Waals surface area contributed by atoms with Crippen LogP contribution >= 0.6 is 0 Å². The number of hydrogen-bond donors (Lipinski definition) is 2. The number of likely N-dealkylation sites (N-methyl/N-ethyl adjacent to an activating group) is 1. The van der Waals surface area contributed by atoms with Crippen LogP contribution in [-0.4, -0.2) is 61.8 Å². The molecule has 6 rings (SSSR count). The monoisotopic (exact) mass is 567 g/mol. The van der Waals surface area contributed by atoms with Crippen molar-refractivity contribution in [1.82, 2.24) is 9.88 Å². The van der Waals surface area contributed by atoms with E-state index < -0.39 is 18.1 Å². The second-order valence-electron chi connectivity index (χ2n) is 10.6. The summed E-state index contributed by atoms with van der Waals surface area (Å²) in [7, 11) is 4.84. The second kappa shape index (κ2) is 11.3. The third kappa shape index (κ3) is 5.07. The number of nitrogens with zero attached hydrogens (tertiary/aromatic N) is 1. The summed E-state index contributed by atoms with van der Waals surface area (Å²) in [5, 5.41) is 4.38. The molecule has 3 aromatic carbocycles. The maximum atomic E-state index is 13.5. The zero-order valence-corrected chi connectivity index (χ0v) is 24.0. The molecule has 0 spiro atoms. The Labute approximate surface area is 244 Å². The van der Waals surface area contributed by atoms with Crippen LogP contribution in [0.15, 0.2) is 78.1 Å².